The molecule has 1 aliphatic heterocycles. The molecule has 0 bridgehead atoms. The van der Waals surface area contributed by atoms with Crippen molar-refractivity contribution in [2.75, 3.05) is 6.61 Å². The highest BCUT2D eigenvalue weighted by Gasteiger charge is 2.17. The van der Waals surface area contributed by atoms with E-state index in [-0.39, 0.29) is 14.9 Å². The van der Waals surface area contributed by atoms with Gasteiger partial charge in [-0.15, -0.1) is 0 Å². The molecule has 1 atom stereocenters. The fourth-order valence-corrected chi connectivity index (χ4v) is 1.75. The molecule has 1 aromatic heterocycles. The molecular weight excluding hydrogens is 224 g/mol. The minimum atomic E-state index is 0. The lowest BCUT2D eigenvalue weighted by Crippen LogP contribution is -2.12. The van der Waals surface area contributed by atoms with Crippen LogP contribution in [-0.2, 0) is 4.74 Å². The van der Waals surface area contributed by atoms with E-state index in [1.807, 2.05) is 12.1 Å². The number of ether oxygens (including phenoxy) is 1. The predicted octanol–water partition coefficient (Wildman–Crippen LogP) is 5.50. The van der Waals surface area contributed by atoms with Crippen LogP contribution >= 0.6 is 0 Å². The SMILES string of the molecule is C.C.CC(C)C1CCCO1.CC(C)c1ccco1. The first-order valence-electron chi connectivity index (χ1n) is 6.26. The topological polar surface area (TPSA) is 22.4 Å². The minimum Gasteiger partial charge on any atom is -0.469 e. The summed E-state index contributed by atoms with van der Waals surface area (Å²) in [6.45, 7) is 9.65. The van der Waals surface area contributed by atoms with Crippen molar-refractivity contribution in [2.24, 2.45) is 5.92 Å². The molecule has 0 saturated carbocycles. The fraction of sp³-hybridized carbons (Fsp3) is 0.750. The summed E-state index contributed by atoms with van der Waals surface area (Å²) >= 11 is 0. The highest BCUT2D eigenvalue weighted by atomic mass is 16.5. The van der Waals surface area contributed by atoms with Crippen molar-refractivity contribution in [1.82, 2.24) is 0 Å². The Bertz CT molecular complexity index is 257. The number of hydrogen-bond acceptors (Lipinski definition) is 2. The third-order valence-corrected chi connectivity index (χ3v) is 2.82. The van der Waals surface area contributed by atoms with Gasteiger partial charge in [-0.05, 0) is 30.9 Å². The Hall–Kier alpha value is -0.760. The second-order valence-electron chi connectivity index (χ2n) is 4.97. The highest BCUT2D eigenvalue weighted by molar-refractivity contribution is 5.02. The van der Waals surface area contributed by atoms with Gasteiger partial charge < -0.3 is 9.15 Å². The van der Waals surface area contributed by atoms with E-state index in [1.165, 1.54) is 12.8 Å². The predicted molar refractivity (Wildman–Crippen MR) is 80.1 cm³/mol. The number of rotatable bonds is 2. The van der Waals surface area contributed by atoms with Crippen LogP contribution in [-0.4, -0.2) is 12.7 Å². The van der Waals surface area contributed by atoms with Gasteiger partial charge in [0.2, 0.25) is 0 Å². The summed E-state index contributed by atoms with van der Waals surface area (Å²) < 4.78 is 10.5. The van der Waals surface area contributed by atoms with E-state index in [0.29, 0.717) is 12.0 Å². The lowest BCUT2D eigenvalue weighted by Gasteiger charge is -2.11. The molecule has 1 unspecified atom stereocenters. The third kappa shape index (κ3) is 6.85. The van der Waals surface area contributed by atoms with Crippen molar-refractivity contribution in [3.63, 3.8) is 0 Å². The van der Waals surface area contributed by atoms with E-state index in [2.05, 4.69) is 27.7 Å². The van der Waals surface area contributed by atoms with Gasteiger partial charge in [0.1, 0.15) is 5.76 Å². The zero-order chi connectivity index (χ0) is 12.0. The number of hydrogen-bond donors (Lipinski definition) is 0. The maximum atomic E-state index is 5.41. The molecule has 2 rings (SSSR count). The molecule has 108 valence electrons. The Morgan fingerprint density at radius 2 is 1.83 bits per heavy atom. The van der Waals surface area contributed by atoms with E-state index in [0.717, 1.165) is 18.3 Å². The van der Waals surface area contributed by atoms with Gasteiger partial charge in [0.25, 0.3) is 0 Å². The Kier molecular flexibility index (Phi) is 11.1. The lowest BCUT2D eigenvalue weighted by atomic mass is 10.1. The first-order valence-corrected chi connectivity index (χ1v) is 6.26. The Balaban J connectivity index is 0. The normalized spacial score (nSPS) is 17.8. The van der Waals surface area contributed by atoms with Crippen LogP contribution in [0.25, 0.3) is 0 Å². The van der Waals surface area contributed by atoms with Gasteiger partial charge in [0.05, 0.1) is 12.4 Å². The molecule has 2 nitrogen and oxygen atoms in total. The van der Waals surface area contributed by atoms with Gasteiger partial charge in [-0.2, -0.15) is 0 Å². The summed E-state index contributed by atoms with van der Waals surface area (Å²) in [6, 6.07) is 3.90. The standard InChI is InChI=1S/C7H14O.C7H10O.2CH4/c2*1-6(2)7-4-3-5-8-7;;/h6-7H,3-5H2,1-2H3;3-6H,1-2H3;2*1H4. The average Bonchev–Trinajstić information content (AvgIpc) is 2.93. The molecule has 0 spiro atoms. The van der Waals surface area contributed by atoms with Crippen LogP contribution in [0.5, 0.6) is 0 Å². The second-order valence-corrected chi connectivity index (χ2v) is 4.97. The van der Waals surface area contributed by atoms with Gasteiger partial charge in [0.15, 0.2) is 0 Å². The Labute approximate surface area is 114 Å². The van der Waals surface area contributed by atoms with Crippen LogP contribution in [0.1, 0.15) is 67.1 Å². The highest BCUT2D eigenvalue weighted by Crippen LogP contribution is 2.18. The summed E-state index contributed by atoms with van der Waals surface area (Å²) in [5.41, 5.74) is 0. The summed E-state index contributed by atoms with van der Waals surface area (Å²) in [4.78, 5) is 0. The van der Waals surface area contributed by atoms with Crippen LogP contribution in [0.3, 0.4) is 0 Å². The molecular formula is C16H32O2. The molecule has 0 aromatic carbocycles. The first-order chi connectivity index (χ1) is 7.61. The largest absolute Gasteiger partial charge is 0.469 e. The maximum absolute atomic E-state index is 5.41. The van der Waals surface area contributed by atoms with Crippen molar-refractivity contribution < 1.29 is 9.15 Å². The van der Waals surface area contributed by atoms with Crippen molar-refractivity contribution in [3.05, 3.63) is 24.2 Å². The van der Waals surface area contributed by atoms with Gasteiger partial charge in [-0.25, -0.2) is 0 Å². The monoisotopic (exact) mass is 256 g/mol. The van der Waals surface area contributed by atoms with Crippen LogP contribution in [0.2, 0.25) is 0 Å². The average molecular weight is 256 g/mol. The summed E-state index contributed by atoms with van der Waals surface area (Å²) in [5.74, 6) is 2.30. The van der Waals surface area contributed by atoms with Gasteiger partial charge in [-0.1, -0.05) is 42.5 Å². The van der Waals surface area contributed by atoms with Crippen molar-refractivity contribution >= 4 is 0 Å². The molecule has 0 amide bonds. The zero-order valence-corrected chi connectivity index (χ0v) is 10.9. The van der Waals surface area contributed by atoms with Crippen molar-refractivity contribution in [1.29, 1.82) is 0 Å². The Morgan fingerprint density at radius 1 is 1.17 bits per heavy atom. The van der Waals surface area contributed by atoms with E-state index in [1.54, 1.807) is 6.26 Å². The van der Waals surface area contributed by atoms with Crippen LogP contribution < -0.4 is 0 Å². The van der Waals surface area contributed by atoms with Gasteiger partial charge in [0, 0.05) is 12.5 Å². The van der Waals surface area contributed by atoms with Crippen LogP contribution in [0.15, 0.2) is 22.8 Å². The summed E-state index contributed by atoms with van der Waals surface area (Å²) in [7, 11) is 0. The second kappa shape index (κ2) is 10.2. The summed E-state index contributed by atoms with van der Waals surface area (Å²) in [6.07, 6.45) is 4.81. The fourth-order valence-electron chi connectivity index (χ4n) is 1.75. The molecule has 0 radical (unpaired) electrons. The van der Waals surface area contributed by atoms with Gasteiger partial charge >= 0.3 is 0 Å². The van der Waals surface area contributed by atoms with E-state index in [4.69, 9.17) is 9.15 Å². The molecule has 0 N–H and O–H groups in total. The van der Waals surface area contributed by atoms with Crippen LogP contribution in [0, 0.1) is 5.92 Å². The molecule has 1 fully saturated rings. The number of furan rings is 1. The maximum Gasteiger partial charge on any atom is 0.106 e. The molecule has 0 aliphatic carbocycles. The van der Waals surface area contributed by atoms with Crippen LogP contribution in [0.4, 0.5) is 0 Å². The van der Waals surface area contributed by atoms with Crippen molar-refractivity contribution in [2.45, 2.75) is 67.4 Å². The summed E-state index contributed by atoms with van der Waals surface area (Å²) in [5, 5.41) is 0. The Morgan fingerprint density at radius 3 is 2.06 bits per heavy atom. The lowest BCUT2D eigenvalue weighted by molar-refractivity contribution is 0.0758. The quantitative estimate of drug-likeness (QED) is 0.697. The third-order valence-electron chi connectivity index (χ3n) is 2.82. The first kappa shape index (κ1) is 19.6. The molecule has 2 heteroatoms. The molecule has 2 heterocycles. The molecule has 1 aliphatic rings. The molecule has 1 saturated heterocycles. The smallest absolute Gasteiger partial charge is 0.106 e. The minimum absolute atomic E-state index is 0. The molecule has 1 aromatic rings. The molecule has 18 heavy (non-hydrogen) atoms. The zero-order valence-electron chi connectivity index (χ0n) is 10.9. The van der Waals surface area contributed by atoms with E-state index in [9.17, 15) is 0 Å². The van der Waals surface area contributed by atoms with Gasteiger partial charge in [-0.3, -0.25) is 0 Å². The van der Waals surface area contributed by atoms with E-state index < -0.39 is 0 Å². The van der Waals surface area contributed by atoms with E-state index >= 15 is 0 Å². The van der Waals surface area contributed by atoms with Crippen molar-refractivity contribution in [3.8, 4) is 0 Å².